The lowest BCUT2D eigenvalue weighted by molar-refractivity contribution is -0.143. The number of aliphatic carboxylic acids is 1. The summed E-state index contributed by atoms with van der Waals surface area (Å²) in [6.07, 6.45) is 3.71. The van der Waals surface area contributed by atoms with Gasteiger partial charge < -0.3 is 9.84 Å². The first-order chi connectivity index (χ1) is 5.74. The van der Waals surface area contributed by atoms with E-state index in [2.05, 4.69) is 0 Å². The van der Waals surface area contributed by atoms with Crippen LogP contribution in [0.5, 0.6) is 0 Å². The van der Waals surface area contributed by atoms with Gasteiger partial charge in [0.15, 0.2) is 0 Å². The lowest BCUT2D eigenvalue weighted by Crippen LogP contribution is -2.19. The van der Waals surface area contributed by atoms with Gasteiger partial charge in [0.1, 0.15) is 0 Å². The number of ether oxygens (including phenoxy) is 1. The third-order valence-corrected chi connectivity index (χ3v) is 2.41. The van der Waals surface area contributed by atoms with Crippen LogP contribution in [0.15, 0.2) is 0 Å². The maximum atomic E-state index is 10.7. The molecule has 1 aliphatic heterocycles. The molecule has 0 aromatic carbocycles. The number of hydrogen-bond donors (Lipinski definition) is 1. The number of carbonyl (C=O) groups is 1. The molecule has 1 aliphatic rings. The van der Waals surface area contributed by atoms with Crippen LogP contribution >= 0.6 is 0 Å². The summed E-state index contributed by atoms with van der Waals surface area (Å²) < 4.78 is 5.37. The van der Waals surface area contributed by atoms with Gasteiger partial charge in [0, 0.05) is 6.61 Å². The van der Waals surface area contributed by atoms with Crippen LogP contribution in [-0.2, 0) is 9.53 Å². The Kier molecular flexibility index (Phi) is 3.53. The molecule has 0 spiro atoms. The molecule has 1 N–H and O–H groups in total. The van der Waals surface area contributed by atoms with E-state index < -0.39 is 5.97 Å². The van der Waals surface area contributed by atoms with Crippen molar-refractivity contribution in [3.05, 3.63) is 0 Å². The third-order valence-electron chi connectivity index (χ3n) is 2.41. The number of hydrogen-bond acceptors (Lipinski definition) is 2. The van der Waals surface area contributed by atoms with E-state index in [1.165, 1.54) is 0 Å². The molecule has 0 aliphatic carbocycles. The lowest BCUT2D eigenvalue weighted by Gasteiger charge is -2.14. The number of carboxylic acid groups (broad SMARTS) is 1. The van der Waals surface area contributed by atoms with Crippen LogP contribution < -0.4 is 0 Å². The molecule has 0 aromatic heterocycles. The summed E-state index contributed by atoms with van der Waals surface area (Å²) in [5.74, 6) is -0.902. The van der Waals surface area contributed by atoms with E-state index >= 15 is 0 Å². The van der Waals surface area contributed by atoms with Gasteiger partial charge in [-0.15, -0.1) is 0 Å². The Morgan fingerprint density at radius 1 is 1.75 bits per heavy atom. The van der Waals surface area contributed by atoms with Crippen LogP contribution in [0.25, 0.3) is 0 Å². The van der Waals surface area contributed by atoms with Crippen molar-refractivity contribution in [1.82, 2.24) is 0 Å². The SMILES string of the molecule is CCC(C[C@@H]1CCCO1)C(=O)O. The molecule has 2 atom stereocenters. The van der Waals surface area contributed by atoms with E-state index in [1.54, 1.807) is 0 Å². The van der Waals surface area contributed by atoms with Crippen LogP contribution in [0, 0.1) is 5.92 Å². The van der Waals surface area contributed by atoms with Crippen molar-refractivity contribution in [2.45, 2.75) is 38.7 Å². The average molecular weight is 172 g/mol. The maximum Gasteiger partial charge on any atom is 0.306 e. The smallest absolute Gasteiger partial charge is 0.306 e. The highest BCUT2D eigenvalue weighted by Crippen LogP contribution is 2.21. The summed E-state index contributed by atoms with van der Waals surface area (Å²) in [4.78, 5) is 10.7. The summed E-state index contributed by atoms with van der Waals surface area (Å²) in [5.41, 5.74) is 0. The van der Waals surface area contributed by atoms with Gasteiger partial charge in [0.2, 0.25) is 0 Å². The van der Waals surface area contributed by atoms with Gasteiger partial charge >= 0.3 is 5.97 Å². The Bertz CT molecular complexity index is 150. The molecule has 0 radical (unpaired) electrons. The summed E-state index contributed by atoms with van der Waals surface area (Å²) in [6.45, 7) is 2.72. The standard InChI is InChI=1S/C9H16O3/c1-2-7(9(10)11)6-8-4-3-5-12-8/h7-8H,2-6H2,1H3,(H,10,11)/t7?,8-/m0/s1. The maximum absolute atomic E-state index is 10.7. The topological polar surface area (TPSA) is 46.5 Å². The minimum absolute atomic E-state index is 0.200. The first kappa shape index (κ1) is 9.52. The first-order valence-electron chi connectivity index (χ1n) is 4.58. The van der Waals surface area contributed by atoms with E-state index in [9.17, 15) is 4.79 Å². The Morgan fingerprint density at radius 2 is 2.50 bits per heavy atom. The quantitative estimate of drug-likeness (QED) is 0.701. The van der Waals surface area contributed by atoms with Crippen LogP contribution in [0.2, 0.25) is 0 Å². The van der Waals surface area contributed by atoms with Crippen LogP contribution in [0.3, 0.4) is 0 Å². The second-order valence-corrected chi connectivity index (χ2v) is 3.31. The molecule has 0 aromatic rings. The van der Waals surface area contributed by atoms with Gasteiger partial charge in [-0.3, -0.25) is 4.79 Å². The normalized spacial score (nSPS) is 25.6. The Balaban J connectivity index is 2.30. The number of carboxylic acids is 1. The van der Waals surface area contributed by atoms with Crippen LogP contribution in [-0.4, -0.2) is 23.8 Å². The highest BCUT2D eigenvalue weighted by atomic mass is 16.5. The molecule has 1 rings (SSSR count). The fourth-order valence-electron chi connectivity index (χ4n) is 1.59. The fourth-order valence-corrected chi connectivity index (χ4v) is 1.59. The van der Waals surface area contributed by atoms with Crippen LogP contribution in [0.4, 0.5) is 0 Å². The molecule has 1 unspecified atom stereocenters. The molecule has 3 nitrogen and oxygen atoms in total. The van der Waals surface area contributed by atoms with Crippen molar-refractivity contribution >= 4 is 5.97 Å². The summed E-state index contributed by atoms with van der Waals surface area (Å²) >= 11 is 0. The van der Waals surface area contributed by atoms with Gasteiger partial charge in [0.25, 0.3) is 0 Å². The zero-order valence-corrected chi connectivity index (χ0v) is 7.45. The average Bonchev–Trinajstić information content (AvgIpc) is 2.51. The van der Waals surface area contributed by atoms with Gasteiger partial charge in [-0.05, 0) is 25.7 Å². The summed E-state index contributed by atoms with van der Waals surface area (Å²) in [5, 5.41) is 8.78. The highest BCUT2D eigenvalue weighted by Gasteiger charge is 2.23. The molecule has 12 heavy (non-hydrogen) atoms. The van der Waals surface area contributed by atoms with E-state index in [0.29, 0.717) is 12.8 Å². The number of rotatable bonds is 4. The van der Waals surface area contributed by atoms with Gasteiger partial charge in [-0.1, -0.05) is 6.92 Å². The third kappa shape index (κ3) is 2.48. The second kappa shape index (κ2) is 4.45. The highest BCUT2D eigenvalue weighted by molar-refractivity contribution is 5.69. The van der Waals surface area contributed by atoms with Crippen molar-refractivity contribution in [3.8, 4) is 0 Å². The zero-order chi connectivity index (χ0) is 8.97. The minimum Gasteiger partial charge on any atom is -0.481 e. The molecule has 1 heterocycles. The van der Waals surface area contributed by atoms with Gasteiger partial charge in [-0.2, -0.15) is 0 Å². The monoisotopic (exact) mass is 172 g/mol. The summed E-state index contributed by atoms with van der Waals surface area (Å²) in [6, 6.07) is 0. The second-order valence-electron chi connectivity index (χ2n) is 3.31. The molecule has 1 fully saturated rings. The minimum atomic E-state index is -0.687. The largest absolute Gasteiger partial charge is 0.481 e. The van der Waals surface area contributed by atoms with Gasteiger partial charge in [0.05, 0.1) is 12.0 Å². The first-order valence-corrected chi connectivity index (χ1v) is 4.58. The van der Waals surface area contributed by atoms with Crippen LogP contribution in [0.1, 0.15) is 32.6 Å². The Hall–Kier alpha value is -0.570. The van der Waals surface area contributed by atoms with Gasteiger partial charge in [-0.25, -0.2) is 0 Å². The van der Waals surface area contributed by atoms with Crippen molar-refractivity contribution in [1.29, 1.82) is 0 Å². The predicted octanol–water partition coefficient (Wildman–Crippen LogP) is 1.67. The van der Waals surface area contributed by atoms with E-state index in [-0.39, 0.29) is 12.0 Å². The van der Waals surface area contributed by atoms with Crippen molar-refractivity contribution in [2.24, 2.45) is 5.92 Å². The fraction of sp³-hybridized carbons (Fsp3) is 0.889. The molecule has 0 bridgehead atoms. The zero-order valence-electron chi connectivity index (χ0n) is 7.45. The van der Waals surface area contributed by atoms with Crippen molar-refractivity contribution in [2.75, 3.05) is 6.61 Å². The Morgan fingerprint density at radius 3 is 2.92 bits per heavy atom. The molecule has 1 saturated heterocycles. The Labute approximate surface area is 72.7 Å². The molecule has 3 heteroatoms. The summed E-state index contributed by atoms with van der Waals surface area (Å²) in [7, 11) is 0. The molecule has 0 amide bonds. The molecule has 70 valence electrons. The molecular weight excluding hydrogens is 156 g/mol. The van der Waals surface area contributed by atoms with Crippen molar-refractivity contribution < 1.29 is 14.6 Å². The van der Waals surface area contributed by atoms with E-state index in [0.717, 1.165) is 19.4 Å². The van der Waals surface area contributed by atoms with E-state index in [4.69, 9.17) is 9.84 Å². The molecular formula is C9H16O3. The lowest BCUT2D eigenvalue weighted by atomic mass is 9.98. The van der Waals surface area contributed by atoms with E-state index in [1.807, 2.05) is 6.92 Å². The van der Waals surface area contributed by atoms with Crippen molar-refractivity contribution in [3.63, 3.8) is 0 Å². The predicted molar refractivity (Wildman–Crippen MR) is 45.0 cm³/mol. The molecule has 0 saturated carbocycles.